The van der Waals surface area contributed by atoms with Crippen LogP contribution in [0.25, 0.3) is 0 Å². The molecule has 0 heteroatoms. The molecule has 0 spiro atoms. The van der Waals surface area contributed by atoms with Crippen LogP contribution in [0.2, 0.25) is 0 Å². The minimum atomic E-state index is 0.729. The lowest BCUT2D eigenvalue weighted by molar-refractivity contribution is 0.335. The van der Waals surface area contributed by atoms with Crippen LogP contribution in [0.3, 0.4) is 0 Å². The summed E-state index contributed by atoms with van der Waals surface area (Å²) in [7, 11) is 0. The fourth-order valence-electron chi connectivity index (χ4n) is 3.87. The van der Waals surface area contributed by atoms with E-state index in [1.807, 2.05) is 0 Å². The Morgan fingerprint density at radius 1 is 1.14 bits per heavy atom. The van der Waals surface area contributed by atoms with E-state index in [0.29, 0.717) is 0 Å². The van der Waals surface area contributed by atoms with Crippen LogP contribution in [0.15, 0.2) is 0 Å². The lowest BCUT2D eigenvalue weighted by Gasteiger charge is -2.17. The minimum absolute atomic E-state index is 0.729. The molecule has 1 rings (SSSR count). The molecule has 0 aromatic heterocycles. The van der Waals surface area contributed by atoms with E-state index in [1.165, 1.54) is 32.1 Å². The molecular weight excluding hydrogens is 168 g/mol. The van der Waals surface area contributed by atoms with Gasteiger partial charge in [-0.1, -0.05) is 53.9 Å². The zero-order valence-electron chi connectivity index (χ0n) is 10.8. The first-order valence-electron chi connectivity index (χ1n) is 6.64. The van der Waals surface area contributed by atoms with Gasteiger partial charge in [-0.15, -0.1) is 0 Å². The second-order valence-electron chi connectivity index (χ2n) is 5.37. The maximum atomic E-state index is 2.48. The smallest absolute Gasteiger partial charge is 0.0241 e. The zero-order valence-corrected chi connectivity index (χ0v) is 10.8. The molecule has 3 atom stereocenters. The molecule has 0 amide bonds. The molecule has 1 aliphatic rings. The highest BCUT2D eigenvalue weighted by Crippen LogP contribution is 2.66. The Morgan fingerprint density at radius 3 is 2.07 bits per heavy atom. The maximum absolute atomic E-state index is 2.48. The van der Waals surface area contributed by atoms with Crippen molar-refractivity contribution in [2.24, 2.45) is 23.2 Å². The first-order chi connectivity index (χ1) is 6.64. The van der Waals surface area contributed by atoms with Gasteiger partial charge in [0.15, 0.2) is 0 Å². The highest BCUT2D eigenvalue weighted by atomic mass is 14.6. The number of hydrogen-bond acceptors (Lipinski definition) is 0. The van der Waals surface area contributed by atoms with Crippen LogP contribution >= 0.6 is 0 Å². The summed E-state index contributed by atoms with van der Waals surface area (Å²) in [6.07, 6.45) is 7.02. The summed E-state index contributed by atoms with van der Waals surface area (Å²) in [5.41, 5.74) is 0.729. The average Bonchev–Trinajstić information content (AvgIpc) is 2.80. The summed E-state index contributed by atoms with van der Waals surface area (Å²) in [6, 6.07) is 0. The monoisotopic (exact) mass is 196 g/mol. The van der Waals surface area contributed by atoms with Crippen LogP contribution in [0.4, 0.5) is 0 Å². The first-order valence-corrected chi connectivity index (χ1v) is 6.64. The van der Waals surface area contributed by atoms with Crippen molar-refractivity contribution >= 4 is 0 Å². The molecule has 0 aliphatic heterocycles. The van der Waals surface area contributed by atoms with Crippen molar-refractivity contribution < 1.29 is 0 Å². The van der Waals surface area contributed by atoms with E-state index in [9.17, 15) is 0 Å². The Morgan fingerprint density at radius 2 is 1.71 bits per heavy atom. The Labute approximate surface area is 90.5 Å². The fourth-order valence-corrected chi connectivity index (χ4v) is 3.87. The highest BCUT2D eigenvalue weighted by Gasteiger charge is 2.60. The van der Waals surface area contributed by atoms with Gasteiger partial charge in [-0.3, -0.25) is 0 Å². The molecule has 0 bridgehead atoms. The van der Waals surface area contributed by atoms with Crippen LogP contribution in [-0.4, -0.2) is 0 Å². The summed E-state index contributed by atoms with van der Waals surface area (Å²) in [5, 5.41) is 0. The molecule has 1 saturated carbocycles. The molecule has 0 radical (unpaired) electrons. The summed E-state index contributed by atoms with van der Waals surface area (Å²) in [6.45, 7) is 12.0. The van der Waals surface area contributed by atoms with E-state index >= 15 is 0 Å². The Kier molecular flexibility index (Phi) is 4.04. The van der Waals surface area contributed by atoms with Gasteiger partial charge in [-0.2, -0.15) is 0 Å². The third-order valence-electron chi connectivity index (χ3n) is 4.94. The quantitative estimate of drug-likeness (QED) is 0.567. The Balaban J connectivity index is 2.47. The zero-order chi connectivity index (χ0) is 10.8. The molecule has 0 saturated heterocycles. The second kappa shape index (κ2) is 4.68. The van der Waals surface area contributed by atoms with Crippen molar-refractivity contribution in [1.29, 1.82) is 0 Å². The van der Waals surface area contributed by atoms with E-state index in [-0.39, 0.29) is 0 Å². The predicted molar refractivity (Wildman–Crippen MR) is 64.4 cm³/mol. The van der Waals surface area contributed by atoms with Gasteiger partial charge in [0.2, 0.25) is 0 Å². The van der Waals surface area contributed by atoms with Gasteiger partial charge >= 0.3 is 0 Å². The van der Waals surface area contributed by atoms with Crippen LogP contribution in [0.5, 0.6) is 0 Å². The maximum Gasteiger partial charge on any atom is -0.0241 e. The highest BCUT2D eigenvalue weighted by molar-refractivity contribution is 5.08. The first kappa shape index (κ1) is 12.1. The lowest BCUT2D eigenvalue weighted by Crippen LogP contribution is -2.07. The topological polar surface area (TPSA) is 0 Å². The summed E-state index contributed by atoms with van der Waals surface area (Å²) in [4.78, 5) is 0. The van der Waals surface area contributed by atoms with Crippen LogP contribution < -0.4 is 0 Å². The van der Waals surface area contributed by atoms with Crippen molar-refractivity contribution in [1.82, 2.24) is 0 Å². The average molecular weight is 196 g/mol. The standard InChI is InChI=1S/C14H28/c1-6-9-10-11(4)13-12(5)14(13,7-2)8-3/h11-13H,6-10H2,1-5H3. The van der Waals surface area contributed by atoms with Crippen LogP contribution in [0.1, 0.15) is 66.7 Å². The van der Waals surface area contributed by atoms with E-state index < -0.39 is 0 Å². The minimum Gasteiger partial charge on any atom is -0.0654 e. The molecule has 1 fully saturated rings. The molecule has 0 N–H and O–H groups in total. The van der Waals surface area contributed by atoms with Crippen LogP contribution in [-0.2, 0) is 0 Å². The van der Waals surface area contributed by atoms with Gasteiger partial charge in [0.25, 0.3) is 0 Å². The van der Waals surface area contributed by atoms with Crippen molar-refractivity contribution in [3.05, 3.63) is 0 Å². The Hall–Kier alpha value is 0. The SMILES string of the molecule is CCCCC(C)C1C(C)C1(CC)CC. The van der Waals surface area contributed by atoms with Gasteiger partial charge in [0.1, 0.15) is 0 Å². The molecule has 14 heavy (non-hydrogen) atoms. The third-order valence-corrected chi connectivity index (χ3v) is 4.94. The number of unbranched alkanes of at least 4 members (excludes halogenated alkanes) is 1. The van der Waals surface area contributed by atoms with Crippen molar-refractivity contribution in [2.45, 2.75) is 66.7 Å². The molecule has 84 valence electrons. The molecule has 3 unspecified atom stereocenters. The molecule has 0 heterocycles. The van der Waals surface area contributed by atoms with Gasteiger partial charge in [-0.05, 0) is 36.0 Å². The molecule has 0 nitrogen and oxygen atoms in total. The molecule has 0 aromatic rings. The van der Waals surface area contributed by atoms with Crippen LogP contribution in [0, 0.1) is 23.2 Å². The number of hydrogen-bond donors (Lipinski definition) is 0. The third kappa shape index (κ3) is 1.85. The predicted octanol–water partition coefficient (Wildman–Crippen LogP) is 4.89. The van der Waals surface area contributed by atoms with Crippen molar-refractivity contribution in [3.8, 4) is 0 Å². The van der Waals surface area contributed by atoms with E-state index in [4.69, 9.17) is 0 Å². The summed E-state index contributed by atoms with van der Waals surface area (Å²) < 4.78 is 0. The fraction of sp³-hybridized carbons (Fsp3) is 1.00. The summed E-state index contributed by atoms with van der Waals surface area (Å²) >= 11 is 0. The van der Waals surface area contributed by atoms with E-state index in [0.717, 1.165) is 23.2 Å². The largest absolute Gasteiger partial charge is 0.0654 e. The molecule has 1 aliphatic carbocycles. The lowest BCUT2D eigenvalue weighted by atomic mass is 9.89. The molecule has 0 aromatic carbocycles. The van der Waals surface area contributed by atoms with Gasteiger partial charge < -0.3 is 0 Å². The normalized spacial score (nSPS) is 31.5. The summed E-state index contributed by atoms with van der Waals surface area (Å²) in [5.74, 6) is 2.98. The van der Waals surface area contributed by atoms with Crippen molar-refractivity contribution in [3.63, 3.8) is 0 Å². The van der Waals surface area contributed by atoms with E-state index in [1.54, 1.807) is 0 Å². The Bertz CT molecular complexity index is 167. The second-order valence-corrected chi connectivity index (χ2v) is 5.37. The van der Waals surface area contributed by atoms with E-state index in [2.05, 4.69) is 34.6 Å². The molecular formula is C14H28. The van der Waals surface area contributed by atoms with Gasteiger partial charge in [-0.25, -0.2) is 0 Å². The van der Waals surface area contributed by atoms with Crippen molar-refractivity contribution in [2.75, 3.05) is 0 Å². The van der Waals surface area contributed by atoms with Gasteiger partial charge in [0.05, 0.1) is 0 Å². The number of rotatable bonds is 6. The van der Waals surface area contributed by atoms with Gasteiger partial charge in [0, 0.05) is 0 Å².